The van der Waals surface area contributed by atoms with E-state index in [-0.39, 0.29) is 5.75 Å². The second-order valence-electron chi connectivity index (χ2n) is 4.65. The van der Waals surface area contributed by atoms with Gasteiger partial charge >= 0.3 is 0 Å². The van der Waals surface area contributed by atoms with Crippen LogP contribution in [0.5, 0.6) is 11.5 Å². The van der Waals surface area contributed by atoms with E-state index in [1.165, 1.54) is 0 Å². The van der Waals surface area contributed by atoms with Crippen molar-refractivity contribution in [2.45, 2.75) is 6.42 Å². The minimum absolute atomic E-state index is 0.266. The molecule has 0 saturated carbocycles. The lowest BCUT2D eigenvalue weighted by atomic mass is 9.95. The Morgan fingerprint density at radius 3 is 2.74 bits per heavy atom. The van der Waals surface area contributed by atoms with Gasteiger partial charge in [0, 0.05) is 41.9 Å². The Balaban J connectivity index is 2.18. The molecule has 2 aromatic carbocycles. The summed E-state index contributed by atoms with van der Waals surface area (Å²) in [6, 6.07) is 9.39. The van der Waals surface area contributed by atoms with Crippen molar-refractivity contribution in [3.8, 4) is 11.5 Å². The highest BCUT2D eigenvalue weighted by Gasteiger charge is 2.23. The molecule has 0 bridgehead atoms. The third-order valence-electron chi connectivity index (χ3n) is 3.55. The first kappa shape index (κ1) is 12.2. The summed E-state index contributed by atoms with van der Waals surface area (Å²) in [5, 5.41) is 10.8. The fourth-order valence-electron chi connectivity index (χ4n) is 2.53. The van der Waals surface area contributed by atoms with Crippen LogP contribution in [0, 0.1) is 0 Å². The molecule has 98 valence electrons. The van der Waals surface area contributed by atoms with E-state index in [4.69, 9.17) is 16.3 Å². The number of hydrogen-bond donors (Lipinski definition) is 1. The van der Waals surface area contributed by atoms with Crippen LogP contribution in [0.2, 0.25) is 5.02 Å². The zero-order valence-electron chi connectivity index (χ0n) is 10.8. The molecule has 0 amide bonds. The highest BCUT2D eigenvalue weighted by molar-refractivity contribution is 6.30. The summed E-state index contributed by atoms with van der Waals surface area (Å²) in [5.41, 5.74) is 4.08. The fraction of sp³-hybridized carbons (Fsp3) is 0.200. The molecule has 3 rings (SSSR count). The topological polar surface area (TPSA) is 32.7 Å². The van der Waals surface area contributed by atoms with Gasteiger partial charge in [-0.15, -0.1) is 0 Å². The van der Waals surface area contributed by atoms with Gasteiger partial charge in [0.25, 0.3) is 0 Å². The lowest BCUT2D eigenvalue weighted by Crippen LogP contribution is -2.18. The number of halogens is 1. The van der Waals surface area contributed by atoms with Gasteiger partial charge in [-0.05, 0) is 17.7 Å². The average Bonchev–Trinajstić information content (AvgIpc) is 2.40. The summed E-state index contributed by atoms with van der Waals surface area (Å²) in [6.45, 7) is 0. The largest absolute Gasteiger partial charge is 0.507 e. The van der Waals surface area contributed by atoms with Crippen molar-refractivity contribution in [2.24, 2.45) is 0 Å². The molecule has 0 radical (unpaired) electrons. The van der Waals surface area contributed by atoms with Crippen molar-refractivity contribution >= 4 is 23.0 Å². The molecular formula is C15H14ClNO2. The van der Waals surface area contributed by atoms with Crippen LogP contribution in [0.4, 0.5) is 11.4 Å². The minimum Gasteiger partial charge on any atom is -0.507 e. The molecule has 0 spiro atoms. The molecule has 3 nitrogen and oxygen atoms in total. The number of rotatable bonds is 1. The van der Waals surface area contributed by atoms with Crippen molar-refractivity contribution in [2.75, 3.05) is 19.1 Å². The predicted octanol–water partition coefficient (Wildman–Crippen LogP) is 3.73. The summed E-state index contributed by atoms with van der Waals surface area (Å²) < 4.78 is 5.21. The second-order valence-corrected chi connectivity index (χ2v) is 5.09. The SMILES string of the molecule is COc1cc(O)c2c(c1)N(C)c1cc(Cl)ccc1C2. The smallest absolute Gasteiger partial charge is 0.124 e. The molecule has 2 aromatic rings. The number of hydrogen-bond acceptors (Lipinski definition) is 3. The maximum absolute atomic E-state index is 10.1. The Morgan fingerprint density at radius 1 is 1.21 bits per heavy atom. The van der Waals surface area contributed by atoms with E-state index in [0.29, 0.717) is 17.2 Å². The summed E-state index contributed by atoms with van der Waals surface area (Å²) in [5.74, 6) is 0.912. The van der Waals surface area contributed by atoms with Gasteiger partial charge < -0.3 is 14.7 Å². The van der Waals surface area contributed by atoms with Gasteiger partial charge in [0.05, 0.1) is 12.8 Å². The van der Waals surface area contributed by atoms with Crippen LogP contribution in [-0.4, -0.2) is 19.3 Å². The van der Waals surface area contributed by atoms with Crippen LogP contribution in [0.1, 0.15) is 11.1 Å². The molecule has 0 saturated heterocycles. The molecule has 0 unspecified atom stereocenters. The lowest BCUT2D eigenvalue weighted by Gasteiger charge is -2.31. The second kappa shape index (κ2) is 4.35. The number of phenols is 1. The number of benzene rings is 2. The van der Waals surface area contributed by atoms with Gasteiger partial charge in [0.2, 0.25) is 0 Å². The molecule has 19 heavy (non-hydrogen) atoms. The highest BCUT2D eigenvalue weighted by Crippen LogP contribution is 2.44. The standard InChI is InChI=1S/C15H14ClNO2/c1-17-13-6-10(16)4-3-9(13)5-12-14(17)7-11(19-2)8-15(12)18/h3-4,6-8,18H,5H2,1-2H3. The van der Waals surface area contributed by atoms with Crippen molar-refractivity contribution in [1.29, 1.82) is 0 Å². The van der Waals surface area contributed by atoms with Gasteiger partial charge in [-0.2, -0.15) is 0 Å². The van der Waals surface area contributed by atoms with Gasteiger partial charge in [-0.3, -0.25) is 0 Å². The van der Waals surface area contributed by atoms with Crippen molar-refractivity contribution in [3.63, 3.8) is 0 Å². The van der Waals surface area contributed by atoms with E-state index < -0.39 is 0 Å². The van der Waals surface area contributed by atoms with Crippen molar-refractivity contribution < 1.29 is 9.84 Å². The van der Waals surface area contributed by atoms with E-state index in [2.05, 4.69) is 0 Å². The Kier molecular flexibility index (Phi) is 2.79. The molecule has 1 heterocycles. The van der Waals surface area contributed by atoms with Crippen LogP contribution < -0.4 is 9.64 Å². The summed E-state index contributed by atoms with van der Waals surface area (Å²) in [7, 11) is 3.56. The molecule has 0 fully saturated rings. The zero-order chi connectivity index (χ0) is 13.6. The predicted molar refractivity (Wildman–Crippen MR) is 77.0 cm³/mol. The number of ether oxygens (including phenoxy) is 1. The number of nitrogens with zero attached hydrogens (tertiary/aromatic N) is 1. The monoisotopic (exact) mass is 275 g/mol. The fourth-order valence-corrected chi connectivity index (χ4v) is 2.70. The zero-order valence-corrected chi connectivity index (χ0v) is 11.5. The van der Waals surface area contributed by atoms with Crippen LogP contribution in [0.25, 0.3) is 0 Å². The maximum Gasteiger partial charge on any atom is 0.124 e. The molecule has 1 N–H and O–H groups in total. The van der Waals surface area contributed by atoms with Gasteiger partial charge in [0.15, 0.2) is 0 Å². The molecule has 1 aliphatic rings. The van der Waals surface area contributed by atoms with Crippen LogP contribution >= 0.6 is 11.6 Å². The van der Waals surface area contributed by atoms with E-state index in [9.17, 15) is 5.11 Å². The van der Waals surface area contributed by atoms with Gasteiger partial charge in [-0.25, -0.2) is 0 Å². The van der Waals surface area contributed by atoms with Crippen LogP contribution in [0.15, 0.2) is 30.3 Å². The first-order valence-corrected chi connectivity index (χ1v) is 6.40. The molecule has 0 aromatic heterocycles. The van der Waals surface area contributed by atoms with Crippen LogP contribution in [0.3, 0.4) is 0 Å². The first-order chi connectivity index (χ1) is 9.10. The molecule has 1 aliphatic heterocycles. The van der Waals surface area contributed by atoms with E-state index in [1.54, 1.807) is 13.2 Å². The third-order valence-corrected chi connectivity index (χ3v) is 3.78. The minimum atomic E-state index is 0.266. The number of phenolic OH excluding ortho intramolecular Hbond substituents is 1. The van der Waals surface area contributed by atoms with Crippen molar-refractivity contribution in [3.05, 3.63) is 46.5 Å². The first-order valence-electron chi connectivity index (χ1n) is 6.02. The lowest BCUT2D eigenvalue weighted by molar-refractivity contribution is 0.406. The number of anilines is 2. The Bertz CT molecular complexity index is 655. The summed E-state index contributed by atoms with van der Waals surface area (Å²) in [4.78, 5) is 2.03. The quantitative estimate of drug-likeness (QED) is 0.861. The summed E-state index contributed by atoms with van der Waals surface area (Å²) >= 11 is 6.06. The number of aromatic hydroxyl groups is 1. The maximum atomic E-state index is 10.1. The van der Waals surface area contributed by atoms with E-state index >= 15 is 0 Å². The van der Waals surface area contributed by atoms with E-state index in [1.807, 2.05) is 36.2 Å². The highest BCUT2D eigenvalue weighted by atomic mass is 35.5. The molecule has 0 atom stereocenters. The Hall–Kier alpha value is -1.87. The molecule has 4 heteroatoms. The number of methoxy groups -OCH3 is 1. The molecule has 0 aliphatic carbocycles. The van der Waals surface area contributed by atoms with E-state index in [0.717, 1.165) is 22.5 Å². The van der Waals surface area contributed by atoms with Gasteiger partial charge in [0.1, 0.15) is 11.5 Å². The van der Waals surface area contributed by atoms with Gasteiger partial charge in [-0.1, -0.05) is 17.7 Å². The normalized spacial score (nSPS) is 12.9. The number of fused-ring (bicyclic) bond motifs is 2. The van der Waals surface area contributed by atoms with Crippen molar-refractivity contribution in [1.82, 2.24) is 0 Å². The van der Waals surface area contributed by atoms with Crippen LogP contribution in [-0.2, 0) is 6.42 Å². The summed E-state index contributed by atoms with van der Waals surface area (Å²) in [6.07, 6.45) is 0.696. The average molecular weight is 276 g/mol. The Labute approximate surface area is 117 Å². The Morgan fingerprint density at radius 2 is 2.00 bits per heavy atom. The molecular weight excluding hydrogens is 262 g/mol. The third kappa shape index (κ3) is 1.90.